The molecule has 1 aromatic rings. The summed E-state index contributed by atoms with van der Waals surface area (Å²) in [5.74, 6) is -0.977. The van der Waals surface area contributed by atoms with Gasteiger partial charge in [-0.15, -0.1) is 0 Å². The number of carboxylic acids is 1. The third kappa shape index (κ3) is 3.02. The van der Waals surface area contributed by atoms with Crippen molar-refractivity contribution >= 4 is 17.3 Å². The Morgan fingerprint density at radius 3 is 2.62 bits per heavy atom. The SMILES string of the molecule is C=C(CNc1ccccc1N(C)C)C(=O)O. The summed E-state index contributed by atoms with van der Waals surface area (Å²) in [7, 11) is 3.87. The van der Waals surface area contributed by atoms with Crippen LogP contribution >= 0.6 is 0 Å². The number of anilines is 2. The Morgan fingerprint density at radius 1 is 1.44 bits per heavy atom. The Morgan fingerprint density at radius 2 is 2.06 bits per heavy atom. The Bertz CT molecular complexity index is 400. The van der Waals surface area contributed by atoms with Crippen LogP contribution in [0.1, 0.15) is 0 Å². The number of aliphatic carboxylic acids is 1. The van der Waals surface area contributed by atoms with Crippen LogP contribution in [0.5, 0.6) is 0 Å². The first-order valence-corrected chi connectivity index (χ1v) is 4.93. The normalized spacial score (nSPS) is 9.62. The Balaban J connectivity index is 2.74. The first-order chi connectivity index (χ1) is 7.52. The van der Waals surface area contributed by atoms with Crippen LogP contribution in [0.25, 0.3) is 0 Å². The molecule has 0 fully saturated rings. The third-order valence-electron chi connectivity index (χ3n) is 2.18. The summed E-state index contributed by atoms with van der Waals surface area (Å²) < 4.78 is 0. The number of rotatable bonds is 5. The highest BCUT2D eigenvalue weighted by Crippen LogP contribution is 2.23. The second-order valence-corrected chi connectivity index (χ2v) is 3.67. The molecule has 0 spiro atoms. The molecule has 0 aromatic heterocycles. The van der Waals surface area contributed by atoms with Gasteiger partial charge < -0.3 is 15.3 Å². The fourth-order valence-corrected chi connectivity index (χ4v) is 1.29. The van der Waals surface area contributed by atoms with Crippen LogP contribution in [0.3, 0.4) is 0 Å². The highest BCUT2D eigenvalue weighted by Gasteiger charge is 2.06. The average Bonchev–Trinajstić information content (AvgIpc) is 2.25. The van der Waals surface area contributed by atoms with Crippen molar-refractivity contribution in [3.8, 4) is 0 Å². The fraction of sp³-hybridized carbons (Fsp3) is 0.250. The van der Waals surface area contributed by atoms with Crippen molar-refractivity contribution in [1.29, 1.82) is 0 Å². The van der Waals surface area contributed by atoms with Gasteiger partial charge in [-0.25, -0.2) is 4.79 Å². The van der Waals surface area contributed by atoms with Crippen LogP contribution in [0.2, 0.25) is 0 Å². The molecule has 0 radical (unpaired) electrons. The summed E-state index contributed by atoms with van der Waals surface area (Å²) in [6.45, 7) is 3.70. The second kappa shape index (κ2) is 5.21. The molecule has 0 heterocycles. The minimum atomic E-state index is -0.977. The lowest BCUT2D eigenvalue weighted by Crippen LogP contribution is -2.15. The van der Waals surface area contributed by atoms with Crippen molar-refractivity contribution in [2.24, 2.45) is 0 Å². The highest BCUT2D eigenvalue weighted by atomic mass is 16.4. The van der Waals surface area contributed by atoms with Gasteiger partial charge >= 0.3 is 5.97 Å². The molecule has 0 saturated carbocycles. The van der Waals surface area contributed by atoms with Gasteiger partial charge in [0.1, 0.15) is 0 Å². The number of nitrogens with zero attached hydrogens (tertiary/aromatic N) is 1. The first-order valence-electron chi connectivity index (χ1n) is 4.93. The van der Waals surface area contributed by atoms with E-state index in [1.54, 1.807) is 0 Å². The molecule has 1 aromatic carbocycles. The molecule has 1 rings (SSSR count). The van der Waals surface area contributed by atoms with Gasteiger partial charge in [0, 0.05) is 26.2 Å². The van der Waals surface area contributed by atoms with Crippen molar-refractivity contribution in [1.82, 2.24) is 0 Å². The summed E-state index contributed by atoms with van der Waals surface area (Å²) in [5, 5.41) is 11.7. The monoisotopic (exact) mass is 220 g/mol. The molecule has 0 unspecified atom stereocenters. The van der Waals surface area contributed by atoms with Crippen LogP contribution in [-0.4, -0.2) is 31.7 Å². The predicted octanol–water partition coefficient (Wildman–Crippen LogP) is 1.81. The van der Waals surface area contributed by atoms with Crippen LogP contribution < -0.4 is 10.2 Å². The van der Waals surface area contributed by atoms with Crippen molar-refractivity contribution in [2.45, 2.75) is 0 Å². The average molecular weight is 220 g/mol. The second-order valence-electron chi connectivity index (χ2n) is 3.67. The highest BCUT2D eigenvalue weighted by molar-refractivity contribution is 5.87. The zero-order valence-corrected chi connectivity index (χ0v) is 9.53. The number of nitrogens with one attached hydrogen (secondary N) is 1. The van der Waals surface area contributed by atoms with E-state index in [9.17, 15) is 4.79 Å². The molecule has 0 saturated heterocycles. The first kappa shape index (κ1) is 12.1. The molecule has 4 heteroatoms. The Kier molecular flexibility index (Phi) is 3.94. The van der Waals surface area contributed by atoms with Gasteiger partial charge in [0.15, 0.2) is 0 Å². The van der Waals surface area contributed by atoms with E-state index < -0.39 is 5.97 Å². The number of carboxylic acid groups (broad SMARTS) is 1. The number of para-hydroxylation sites is 2. The van der Waals surface area contributed by atoms with Crippen molar-refractivity contribution in [2.75, 3.05) is 30.9 Å². The summed E-state index contributed by atoms with van der Waals surface area (Å²) in [6, 6.07) is 7.71. The molecule has 4 nitrogen and oxygen atoms in total. The van der Waals surface area contributed by atoms with Gasteiger partial charge in [-0.2, -0.15) is 0 Å². The molecule has 0 bridgehead atoms. The van der Waals surface area contributed by atoms with E-state index in [2.05, 4.69) is 11.9 Å². The van der Waals surface area contributed by atoms with Gasteiger partial charge in [-0.3, -0.25) is 0 Å². The van der Waals surface area contributed by atoms with Crippen LogP contribution in [-0.2, 0) is 4.79 Å². The molecule has 0 aliphatic carbocycles. The number of carbonyl (C=O) groups is 1. The van der Waals surface area contributed by atoms with Gasteiger partial charge in [0.25, 0.3) is 0 Å². The minimum absolute atomic E-state index is 0.147. The van der Waals surface area contributed by atoms with Crippen molar-refractivity contribution in [3.05, 3.63) is 36.4 Å². The minimum Gasteiger partial charge on any atom is -0.478 e. The number of benzene rings is 1. The lowest BCUT2D eigenvalue weighted by Gasteiger charge is -2.18. The smallest absolute Gasteiger partial charge is 0.332 e. The van der Waals surface area contributed by atoms with Gasteiger partial charge in [-0.1, -0.05) is 18.7 Å². The molecule has 86 valence electrons. The quantitative estimate of drug-likeness (QED) is 0.743. The summed E-state index contributed by atoms with van der Waals surface area (Å²) in [4.78, 5) is 12.6. The molecule has 0 aliphatic rings. The van der Waals surface area contributed by atoms with Crippen LogP contribution in [0, 0.1) is 0 Å². The molecular weight excluding hydrogens is 204 g/mol. The standard InChI is InChI=1S/C12H16N2O2/c1-9(12(15)16)8-13-10-6-4-5-7-11(10)14(2)3/h4-7,13H,1,8H2,2-3H3,(H,15,16). The summed E-state index contributed by atoms with van der Waals surface area (Å²) in [6.07, 6.45) is 0. The predicted molar refractivity (Wildman–Crippen MR) is 66.0 cm³/mol. The zero-order valence-electron chi connectivity index (χ0n) is 9.53. The van der Waals surface area contributed by atoms with E-state index in [0.29, 0.717) is 0 Å². The van der Waals surface area contributed by atoms with E-state index in [1.807, 2.05) is 43.3 Å². The molecule has 0 atom stereocenters. The Hall–Kier alpha value is -1.97. The molecule has 16 heavy (non-hydrogen) atoms. The largest absolute Gasteiger partial charge is 0.478 e. The number of hydrogen-bond acceptors (Lipinski definition) is 3. The van der Waals surface area contributed by atoms with Crippen molar-refractivity contribution in [3.63, 3.8) is 0 Å². The lowest BCUT2D eigenvalue weighted by atomic mass is 10.2. The van der Waals surface area contributed by atoms with E-state index >= 15 is 0 Å². The van der Waals surface area contributed by atoms with Gasteiger partial charge in [0.05, 0.1) is 11.4 Å². The van der Waals surface area contributed by atoms with Crippen LogP contribution in [0.4, 0.5) is 11.4 Å². The molecule has 2 N–H and O–H groups in total. The maximum atomic E-state index is 10.6. The third-order valence-corrected chi connectivity index (χ3v) is 2.18. The summed E-state index contributed by atoms with van der Waals surface area (Å²) >= 11 is 0. The zero-order chi connectivity index (χ0) is 12.1. The molecule has 0 aliphatic heterocycles. The van der Waals surface area contributed by atoms with E-state index in [1.165, 1.54) is 0 Å². The van der Waals surface area contributed by atoms with Crippen LogP contribution in [0.15, 0.2) is 36.4 Å². The van der Waals surface area contributed by atoms with E-state index in [0.717, 1.165) is 11.4 Å². The molecular formula is C12H16N2O2. The fourth-order valence-electron chi connectivity index (χ4n) is 1.29. The van der Waals surface area contributed by atoms with E-state index in [-0.39, 0.29) is 12.1 Å². The van der Waals surface area contributed by atoms with Gasteiger partial charge in [0.2, 0.25) is 0 Å². The Labute approximate surface area is 95.2 Å². The maximum Gasteiger partial charge on any atom is 0.332 e. The summed E-state index contributed by atoms with van der Waals surface area (Å²) in [5.41, 5.74) is 2.06. The van der Waals surface area contributed by atoms with Crippen molar-refractivity contribution < 1.29 is 9.90 Å². The number of hydrogen-bond donors (Lipinski definition) is 2. The lowest BCUT2D eigenvalue weighted by molar-refractivity contribution is -0.132. The van der Waals surface area contributed by atoms with E-state index in [4.69, 9.17) is 5.11 Å². The van der Waals surface area contributed by atoms with Gasteiger partial charge in [-0.05, 0) is 12.1 Å². The molecule has 0 amide bonds. The topological polar surface area (TPSA) is 52.6 Å². The maximum absolute atomic E-state index is 10.6.